The van der Waals surface area contributed by atoms with E-state index in [1.54, 1.807) is 6.07 Å². The van der Waals surface area contributed by atoms with Gasteiger partial charge in [0, 0.05) is 6.07 Å². The van der Waals surface area contributed by atoms with Crippen molar-refractivity contribution in [3.8, 4) is 11.6 Å². The van der Waals surface area contributed by atoms with Crippen LogP contribution in [0.25, 0.3) is 0 Å². The van der Waals surface area contributed by atoms with Crippen LogP contribution >= 0.6 is 0 Å². The van der Waals surface area contributed by atoms with Gasteiger partial charge in [-0.25, -0.2) is 4.98 Å². The number of ether oxygens (including phenoxy) is 1. The summed E-state index contributed by atoms with van der Waals surface area (Å²) in [6.07, 6.45) is 1.08. The molecule has 1 aromatic heterocycles. The summed E-state index contributed by atoms with van der Waals surface area (Å²) in [6, 6.07) is 11.7. The van der Waals surface area contributed by atoms with E-state index >= 15 is 0 Å². The first-order chi connectivity index (χ1) is 9.11. The van der Waals surface area contributed by atoms with E-state index in [1.165, 1.54) is 5.56 Å². The number of nitrogen functional groups attached to an aromatic ring is 1. The minimum Gasteiger partial charge on any atom is -0.439 e. The molecule has 0 aliphatic rings. The second kappa shape index (κ2) is 5.74. The number of nitrogens with zero attached hydrogens (tertiary/aromatic N) is 1. The lowest BCUT2D eigenvalue weighted by Crippen LogP contribution is -1.99. The molecule has 0 aliphatic carbocycles. The highest BCUT2D eigenvalue weighted by molar-refractivity contribution is 5.45. The molecular weight excluding hydrogens is 236 g/mol. The molecule has 3 nitrogen and oxygen atoms in total. The minimum atomic E-state index is 0.464. The second-order valence-corrected chi connectivity index (χ2v) is 4.77. The average molecular weight is 256 g/mol. The zero-order valence-corrected chi connectivity index (χ0v) is 11.7. The molecular formula is C16H20N2O. The van der Waals surface area contributed by atoms with Gasteiger partial charge in [0.25, 0.3) is 0 Å². The third-order valence-corrected chi connectivity index (χ3v) is 3.38. The lowest BCUT2D eigenvalue weighted by Gasteiger charge is -2.15. The van der Waals surface area contributed by atoms with Crippen molar-refractivity contribution < 1.29 is 4.74 Å². The first-order valence-corrected chi connectivity index (χ1v) is 6.61. The fraction of sp³-hybridized carbons (Fsp3) is 0.312. The van der Waals surface area contributed by atoms with Gasteiger partial charge in [-0.2, -0.15) is 0 Å². The van der Waals surface area contributed by atoms with E-state index in [9.17, 15) is 0 Å². The summed E-state index contributed by atoms with van der Waals surface area (Å²) in [5.41, 5.74) is 8.45. The van der Waals surface area contributed by atoms with Crippen LogP contribution in [0.4, 0.5) is 5.69 Å². The molecule has 1 atom stereocenters. The Morgan fingerprint density at radius 2 is 1.95 bits per heavy atom. The van der Waals surface area contributed by atoms with E-state index in [2.05, 4.69) is 24.9 Å². The van der Waals surface area contributed by atoms with Crippen LogP contribution in [-0.4, -0.2) is 4.98 Å². The Labute approximate surface area is 114 Å². The average Bonchev–Trinajstić information content (AvgIpc) is 2.43. The number of aromatic nitrogens is 1. The number of anilines is 1. The first-order valence-electron chi connectivity index (χ1n) is 6.61. The number of aryl methyl sites for hydroxylation is 1. The summed E-state index contributed by atoms with van der Waals surface area (Å²) >= 11 is 0. The lowest BCUT2D eigenvalue weighted by atomic mass is 9.98. The number of para-hydroxylation sites is 1. The highest BCUT2D eigenvalue weighted by Crippen LogP contribution is 2.31. The van der Waals surface area contributed by atoms with Gasteiger partial charge in [-0.3, -0.25) is 0 Å². The van der Waals surface area contributed by atoms with Crippen molar-refractivity contribution in [3.05, 3.63) is 47.7 Å². The van der Waals surface area contributed by atoms with Crippen LogP contribution < -0.4 is 10.5 Å². The molecule has 3 heteroatoms. The number of hydrogen-bond donors (Lipinski definition) is 1. The van der Waals surface area contributed by atoms with Crippen molar-refractivity contribution in [2.45, 2.75) is 33.1 Å². The Hall–Kier alpha value is -2.03. The van der Waals surface area contributed by atoms with Crippen molar-refractivity contribution in [2.24, 2.45) is 0 Å². The summed E-state index contributed by atoms with van der Waals surface area (Å²) in [5, 5.41) is 0. The third kappa shape index (κ3) is 3.05. The molecule has 0 fully saturated rings. The normalized spacial score (nSPS) is 12.2. The SMILES string of the molecule is CCC(C)c1ccccc1Oc1ccc(N)c(C)n1. The van der Waals surface area contributed by atoms with Crippen LogP contribution in [0, 0.1) is 6.92 Å². The standard InChI is InChI=1S/C16H20N2O/c1-4-11(2)13-7-5-6-8-15(13)19-16-10-9-14(17)12(3)18-16/h5-11H,4,17H2,1-3H3. The molecule has 0 spiro atoms. The molecule has 1 unspecified atom stereocenters. The van der Waals surface area contributed by atoms with Gasteiger partial charge < -0.3 is 10.5 Å². The Balaban J connectivity index is 2.30. The van der Waals surface area contributed by atoms with Crippen LogP contribution in [0.2, 0.25) is 0 Å². The molecule has 1 aromatic carbocycles. The molecule has 2 N–H and O–H groups in total. The first kappa shape index (κ1) is 13.4. The zero-order valence-electron chi connectivity index (χ0n) is 11.7. The van der Waals surface area contributed by atoms with E-state index in [0.29, 0.717) is 17.5 Å². The fourth-order valence-corrected chi connectivity index (χ4v) is 1.92. The van der Waals surface area contributed by atoms with E-state index in [4.69, 9.17) is 10.5 Å². The minimum absolute atomic E-state index is 0.464. The van der Waals surface area contributed by atoms with Crippen molar-refractivity contribution in [3.63, 3.8) is 0 Å². The maximum Gasteiger partial charge on any atom is 0.219 e. The molecule has 0 aliphatic heterocycles. The Morgan fingerprint density at radius 3 is 2.63 bits per heavy atom. The van der Waals surface area contributed by atoms with Gasteiger partial charge in [0.1, 0.15) is 5.75 Å². The van der Waals surface area contributed by atoms with Gasteiger partial charge in [0.05, 0.1) is 11.4 Å². The van der Waals surface area contributed by atoms with Gasteiger partial charge in [-0.1, -0.05) is 32.0 Å². The van der Waals surface area contributed by atoms with Gasteiger partial charge in [0.2, 0.25) is 5.88 Å². The quantitative estimate of drug-likeness (QED) is 0.888. The molecule has 0 saturated heterocycles. The number of nitrogens with two attached hydrogens (primary N) is 1. The van der Waals surface area contributed by atoms with Crippen LogP contribution in [0.5, 0.6) is 11.6 Å². The number of pyridine rings is 1. The number of hydrogen-bond acceptors (Lipinski definition) is 3. The Bertz CT molecular complexity index is 566. The summed E-state index contributed by atoms with van der Waals surface area (Å²) in [4.78, 5) is 4.35. The van der Waals surface area contributed by atoms with Crippen molar-refractivity contribution in [2.75, 3.05) is 5.73 Å². The van der Waals surface area contributed by atoms with Gasteiger partial charge in [0.15, 0.2) is 0 Å². The summed E-state index contributed by atoms with van der Waals surface area (Å²) in [6.45, 7) is 6.25. The van der Waals surface area contributed by atoms with Crippen LogP contribution in [0.15, 0.2) is 36.4 Å². The summed E-state index contributed by atoms with van der Waals surface area (Å²) in [5.74, 6) is 1.92. The Kier molecular flexibility index (Phi) is 4.05. The highest BCUT2D eigenvalue weighted by atomic mass is 16.5. The molecule has 0 saturated carbocycles. The molecule has 2 rings (SSSR count). The van der Waals surface area contributed by atoms with Gasteiger partial charge >= 0.3 is 0 Å². The van der Waals surface area contributed by atoms with E-state index in [0.717, 1.165) is 17.9 Å². The van der Waals surface area contributed by atoms with E-state index < -0.39 is 0 Å². The smallest absolute Gasteiger partial charge is 0.219 e. The lowest BCUT2D eigenvalue weighted by molar-refractivity contribution is 0.451. The topological polar surface area (TPSA) is 48.1 Å². The number of rotatable bonds is 4. The fourth-order valence-electron chi connectivity index (χ4n) is 1.92. The molecule has 1 heterocycles. The van der Waals surface area contributed by atoms with Crippen LogP contribution in [-0.2, 0) is 0 Å². The molecule has 19 heavy (non-hydrogen) atoms. The van der Waals surface area contributed by atoms with Crippen LogP contribution in [0.3, 0.4) is 0 Å². The molecule has 100 valence electrons. The molecule has 2 aromatic rings. The Morgan fingerprint density at radius 1 is 1.21 bits per heavy atom. The second-order valence-electron chi connectivity index (χ2n) is 4.77. The predicted molar refractivity (Wildman–Crippen MR) is 78.6 cm³/mol. The number of benzene rings is 1. The van der Waals surface area contributed by atoms with Crippen LogP contribution in [0.1, 0.15) is 37.4 Å². The zero-order chi connectivity index (χ0) is 13.8. The molecule has 0 bridgehead atoms. The van der Waals surface area contributed by atoms with Gasteiger partial charge in [-0.05, 0) is 37.0 Å². The van der Waals surface area contributed by atoms with Crippen molar-refractivity contribution in [1.82, 2.24) is 4.98 Å². The van der Waals surface area contributed by atoms with Gasteiger partial charge in [-0.15, -0.1) is 0 Å². The summed E-state index contributed by atoms with van der Waals surface area (Å²) < 4.78 is 5.90. The maximum absolute atomic E-state index is 5.90. The highest BCUT2D eigenvalue weighted by Gasteiger charge is 2.11. The summed E-state index contributed by atoms with van der Waals surface area (Å²) in [7, 11) is 0. The monoisotopic (exact) mass is 256 g/mol. The predicted octanol–water partition coefficient (Wildman–Crippen LogP) is 4.28. The van der Waals surface area contributed by atoms with E-state index in [-0.39, 0.29) is 0 Å². The third-order valence-electron chi connectivity index (χ3n) is 3.38. The molecule has 0 amide bonds. The van der Waals surface area contributed by atoms with E-state index in [1.807, 2.05) is 31.2 Å². The molecule has 0 radical (unpaired) electrons. The maximum atomic E-state index is 5.90. The van der Waals surface area contributed by atoms with Crippen molar-refractivity contribution >= 4 is 5.69 Å². The largest absolute Gasteiger partial charge is 0.439 e. The van der Waals surface area contributed by atoms with Crippen molar-refractivity contribution in [1.29, 1.82) is 0 Å².